The number of nitrogens with two attached hydrogens (primary N) is 1. The van der Waals surface area contributed by atoms with Crippen LogP contribution in [0.1, 0.15) is 94.8 Å². The number of alkyl carbamates (subject to hydrolysis) is 1. The van der Waals surface area contributed by atoms with E-state index in [4.69, 9.17) is 66.4 Å². The molecule has 2 aliphatic rings. The fourth-order valence-electron chi connectivity index (χ4n) is 9.61. The van der Waals surface area contributed by atoms with E-state index in [0.29, 0.717) is 93.6 Å². The number of anilines is 2. The van der Waals surface area contributed by atoms with Crippen LogP contribution in [-0.2, 0) is 21.0 Å². The largest absolute Gasteiger partial charge is 0.497 e. The van der Waals surface area contributed by atoms with Crippen LogP contribution in [0.15, 0.2) is 237 Å². The molecule has 2 aliphatic heterocycles. The summed E-state index contributed by atoms with van der Waals surface area (Å²) in [5.74, 6) is 0.00110. The van der Waals surface area contributed by atoms with Crippen molar-refractivity contribution in [2.75, 3.05) is 92.1 Å². The number of para-hydroxylation sites is 2. The highest BCUT2D eigenvalue weighted by Crippen LogP contribution is 2.46. The number of nitrogens with one attached hydrogen (secondary N) is 4. The molecule has 2 heterocycles. The van der Waals surface area contributed by atoms with E-state index in [9.17, 15) is 39.0 Å². The molecule has 108 heavy (non-hydrogen) atoms. The van der Waals surface area contributed by atoms with Gasteiger partial charge in [0, 0.05) is 89.6 Å². The number of carbonyl (C=O) groups is 6. The van der Waals surface area contributed by atoms with Gasteiger partial charge in [-0.25, -0.2) is 9.59 Å². The highest BCUT2D eigenvalue weighted by atomic mass is 35.5. The van der Waals surface area contributed by atoms with Crippen LogP contribution in [0.5, 0.6) is 23.0 Å². The number of methoxy groups -OCH3 is 4. The third-order valence-corrected chi connectivity index (χ3v) is 14.9. The lowest BCUT2D eigenvalue weighted by atomic mass is 9.89. The summed E-state index contributed by atoms with van der Waals surface area (Å²) in [7, 11) is 9.32. The lowest BCUT2D eigenvalue weighted by Crippen LogP contribution is -2.45. The van der Waals surface area contributed by atoms with E-state index in [0.717, 1.165) is 17.0 Å². The Morgan fingerprint density at radius 3 is 1.50 bits per heavy atom. The Labute approximate surface area is 635 Å². The minimum absolute atomic E-state index is 0.0469. The highest BCUT2D eigenvalue weighted by molar-refractivity contribution is 6.67. The van der Waals surface area contributed by atoms with Crippen molar-refractivity contribution in [1.29, 1.82) is 10.5 Å². The lowest BCUT2D eigenvalue weighted by Gasteiger charge is -2.34. The van der Waals surface area contributed by atoms with Crippen molar-refractivity contribution in [3.63, 3.8) is 0 Å². The SMILES string of the molecule is CB(O)NCCN.CC(C)(C)OC(=O)NCCNCC#N.CN(C)C(=O)c1ccccc1.COc1ccc(C(=O)Cl)cc1.COc1ccc(C(=O)Nc2ccccc2)cc1.COc1ccc2c(c1)C(O)(c1ccccc1)N(c1ccccc1)C2=O.COc1ccc2c(c1)C(O)(c1ccccc1)OC2=O.N#CCO. The number of carbonyl (C=O) groups excluding carboxylic acids is 6. The van der Waals surface area contributed by atoms with Gasteiger partial charge in [0.05, 0.1) is 52.7 Å². The van der Waals surface area contributed by atoms with Crippen molar-refractivity contribution >= 4 is 65.1 Å². The molecule has 2 atom stereocenters. The number of nitrogens with zero attached hydrogens (tertiary/aromatic N) is 4. The molecule has 0 aliphatic carbocycles. The normalized spacial score (nSPS) is 13.6. The van der Waals surface area contributed by atoms with E-state index in [2.05, 4.69) is 21.2 Å². The van der Waals surface area contributed by atoms with Gasteiger partial charge in [-0.1, -0.05) is 115 Å². The predicted octanol–water partition coefficient (Wildman–Crippen LogP) is 10.8. The monoisotopic (exact) mass is 1490 g/mol. The van der Waals surface area contributed by atoms with Crippen LogP contribution in [-0.4, -0.2) is 155 Å². The fraction of sp³-hybridized carbons (Fsp3) is 0.235. The van der Waals surface area contributed by atoms with Crippen molar-refractivity contribution in [3.8, 4) is 35.1 Å². The Kier molecular flexibility index (Phi) is 37.8. The van der Waals surface area contributed by atoms with E-state index >= 15 is 0 Å². The van der Waals surface area contributed by atoms with Gasteiger partial charge in [-0.3, -0.25) is 24.1 Å². The van der Waals surface area contributed by atoms with Crippen molar-refractivity contribution in [1.82, 2.24) is 20.8 Å². The molecule has 0 radical (unpaired) electrons. The van der Waals surface area contributed by atoms with Gasteiger partial charge in [0.1, 0.15) is 35.2 Å². The zero-order valence-electron chi connectivity index (χ0n) is 61.8. The van der Waals surface area contributed by atoms with E-state index in [1.807, 2.05) is 133 Å². The molecule has 9 aromatic carbocycles. The van der Waals surface area contributed by atoms with Crippen LogP contribution in [0.4, 0.5) is 16.2 Å². The number of benzene rings is 9. The van der Waals surface area contributed by atoms with Crippen molar-refractivity contribution in [3.05, 3.63) is 287 Å². The molecule has 25 nitrogen and oxygen atoms in total. The second-order valence-corrected chi connectivity index (χ2v) is 24.2. The summed E-state index contributed by atoms with van der Waals surface area (Å²) in [5, 5.41) is 64.6. The molecule has 0 aromatic heterocycles. The standard InChI is InChI=1S/C21H17NO3.C15H12O4.C14H13NO2.C9H17N3O2.C9H11NO.C8H7ClO2.C3H11BN2O.C2H3NO/c1-25-17-12-13-18-19(14-17)21(24,15-8-4-2-5-9-15)22(20(18)23)16-10-6-3-7-11-16;1-18-11-7-8-12-13(9-11)15(17,19-14(12)16)10-5-3-2-4-6-10;1-17-13-9-7-11(8-10-13)14(16)15-12-5-3-2-4-6-12;1-9(2,3)14-8(13)12-7-6-11-5-4-10;1-10(2)9(11)8-6-4-3-5-7-8;1-11-7-4-2-6(3-5-7)8(9)10;1-4(7)6-3-2-5;3-1-2-4/h2-14,24H,1H3;2-9,17H,1H3;2-10H,1H3,(H,15,16);11H,5-7H2,1-3H3,(H,12,13);3-7H,1-2H3;2-5H,1H3;6-7H,2-3,5H2,1H3;4H,2H2. The summed E-state index contributed by atoms with van der Waals surface area (Å²) in [6.45, 7) is 9.26. The topological polar surface area (TPSA) is 367 Å². The molecule has 566 valence electrons. The Balaban J connectivity index is 0.000000272. The van der Waals surface area contributed by atoms with Crippen molar-refractivity contribution in [2.45, 2.75) is 44.7 Å². The maximum Gasteiger partial charge on any atom is 0.407 e. The zero-order chi connectivity index (χ0) is 79.7. The third kappa shape index (κ3) is 28.2. The summed E-state index contributed by atoms with van der Waals surface area (Å²) < 4.78 is 30.5. The molecule has 27 heteroatoms. The number of aliphatic hydroxyl groups is 3. The number of nitriles is 2. The van der Waals surface area contributed by atoms with Gasteiger partial charge in [0.15, 0.2) is 5.72 Å². The molecule has 11 rings (SSSR count). The molecule has 0 saturated carbocycles. The van der Waals surface area contributed by atoms with Gasteiger partial charge in [0.2, 0.25) is 0 Å². The number of halogens is 1. The zero-order valence-corrected chi connectivity index (χ0v) is 62.5. The smallest absolute Gasteiger partial charge is 0.407 e. The van der Waals surface area contributed by atoms with Gasteiger partial charge in [-0.15, -0.1) is 0 Å². The second kappa shape index (κ2) is 46.1. The lowest BCUT2D eigenvalue weighted by molar-refractivity contribution is -0.129. The summed E-state index contributed by atoms with van der Waals surface area (Å²) >= 11 is 5.22. The number of hydrogen-bond acceptors (Lipinski definition) is 21. The minimum atomic E-state index is -1.75. The molecule has 0 saturated heterocycles. The summed E-state index contributed by atoms with van der Waals surface area (Å²) in [4.78, 5) is 72.7. The number of cyclic esters (lactones) is 1. The van der Waals surface area contributed by atoms with Crippen LogP contribution in [0.3, 0.4) is 0 Å². The first-order valence-corrected chi connectivity index (χ1v) is 33.9. The number of aliphatic hydroxyl groups excluding tert-OH is 1. The van der Waals surface area contributed by atoms with E-state index in [1.165, 1.54) is 18.1 Å². The second-order valence-electron chi connectivity index (χ2n) is 23.9. The van der Waals surface area contributed by atoms with Gasteiger partial charge in [-0.05, 0) is 167 Å². The van der Waals surface area contributed by atoms with Crippen LogP contribution in [0.2, 0.25) is 6.82 Å². The number of ether oxygens (including phenoxy) is 6. The molecule has 2 unspecified atom stereocenters. The maximum absolute atomic E-state index is 13.1. The number of amides is 4. The molecular formula is C81H91BClN9O16. The van der Waals surface area contributed by atoms with Crippen molar-refractivity contribution in [2.24, 2.45) is 5.73 Å². The van der Waals surface area contributed by atoms with Gasteiger partial charge < -0.3 is 80.6 Å². The van der Waals surface area contributed by atoms with E-state index < -0.39 is 41.5 Å². The number of hydrogen-bond donors (Lipinski definition) is 9. The maximum atomic E-state index is 13.1. The first-order valence-electron chi connectivity index (χ1n) is 33.5. The molecule has 0 spiro atoms. The summed E-state index contributed by atoms with van der Waals surface area (Å²) in [5.41, 5.74) is 9.16. The number of esters is 1. The molecular weight excluding hydrogens is 1400 g/mol. The van der Waals surface area contributed by atoms with Gasteiger partial charge >= 0.3 is 19.1 Å². The van der Waals surface area contributed by atoms with Gasteiger partial charge in [-0.2, -0.15) is 10.5 Å². The Morgan fingerprint density at radius 2 is 1.06 bits per heavy atom. The molecule has 4 amide bonds. The van der Waals surface area contributed by atoms with Gasteiger partial charge in [0.25, 0.3) is 28.8 Å². The fourth-order valence-corrected chi connectivity index (χ4v) is 9.74. The molecule has 0 fully saturated rings. The summed E-state index contributed by atoms with van der Waals surface area (Å²) in [6.07, 6.45) is -0.434. The molecule has 9 aromatic rings. The molecule has 10 N–H and O–H groups in total. The average Bonchev–Trinajstić information content (AvgIpc) is 1.55. The van der Waals surface area contributed by atoms with E-state index in [1.54, 1.807) is 177 Å². The quantitative estimate of drug-likeness (QED) is 0.00962. The van der Waals surface area contributed by atoms with Crippen LogP contribution < -0.4 is 50.8 Å². The minimum Gasteiger partial charge on any atom is -0.497 e. The summed E-state index contributed by atoms with van der Waals surface area (Å²) in [6, 6.07) is 72.9. The Bertz CT molecular complexity index is 4330. The number of rotatable bonds is 18. The van der Waals surface area contributed by atoms with Crippen molar-refractivity contribution < 1.29 is 77.5 Å². The average molecular weight is 1490 g/mol. The Morgan fingerprint density at radius 1 is 0.602 bits per heavy atom. The highest BCUT2D eigenvalue weighted by Gasteiger charge is 2.51. The third-order valence-electron chi connectivity index (χ3n) is 14.7. The number of fused-ring (bicyclic) bond motifs is 2. The van der Waals surface area contributed by atoms with Crippen LogP contribution >= 0.6 is 11.6 Å². The predicted molar refractivity (Wildman–Crippen MR) is 415 cm³/mol. The van der Waals surface area contributed by atoms with E-state index in [-0.39, 0.29) is 30.9 Å². The van der Waals surface area contributed by atoms with Crippen LogP contribution in [0.25, 0.3) is 0 Å². The Hall–Kier alpha value is -11.9. The first kappa shape index (κ1) is 88.5. The van der Waals surface area contributed by atoms with Crippen LogP contribution in [0, 0.1) is 22.7 Å². The molecule has 0 bridgehead atoms. The first-order chi connectivity index (χ1) is 51.7.